The molecule has 1 saturated heterocycles. The monoisotopic (exact) mass is 573 g/mol. The van der Waals surface area contributed by atoms with Crippen molar-refractivity contribution in [3.63, 3.8) is 0 Å². The number of fused-ring (bicyclic) bond motifs is 2. The molecule has 1 aromatic carbocycles. The van der Waals surface area contributed by atoms with Crippen molar-refractivity contribution in [1.82, 2.24) is 19.8 Å². The predicted molar refractivity (Wildman–Crippen MR) is 172 cm³/mol. The van der Waals surface area contributed by atoms with Gasteiger partial charge in [-0.1, -0.05) is 56.2 Å². The molecule has 40 heavy (non-hydrogen) atoms. The van der Waals surface area contributed by atoms with Gasteiger partial charge in [-0.2, -0.15) is 11.8 Å². The summed E-state index contributed by atoms with van der Waals surface area (Å²) in [6, 6.07) is 10.3. The zero-order valence-corrected chi connectivity index (χ0v) is 25.5. The van der Waals surface area contributed by atoms with Crippen LogP contribution in [0.2, 0.25) is 5.02 Å². The zero-order valence-electron chi connectivity index (χ0n) is 23.9. The Kier molecular flexibility index (Phi) is 10.2. The Labute approximate surface area is 248 Å². The van der Waals surface area contributed by atoms with Crippen LogP contribution in [-0.4, -0.2) is 58.1 Å². The smallest absolute Gasteiger partial charge is 0.0949 e. The van der Waals surface area contributed by atoms with Crippen LogP contribution in [0.1, 0.15) is 60.2 Å². The van der Waals surface area contributed by atoms with Gasteiger partial charge in [0.15, 0.2) is 0 Å². The fourth-order valence-electron chi connectivity index (χ4n) is 5.60. The number of benzene rings is 1. The van der Waals surface area contributed by atoms with E-state index in [1.165, 1.54) is 0 Å². The second-order valence-electron chi connectivity index (χ2n) is 10.5. The molecule has 1 aliphatic heterocycles. The summed E-state index contributed by atoms with van der Waals surface area (Å²) >= 11 is 8.67. The Bertz CT molecular complexity index is 1410. The number of aromatic nitrogens is 2. The van der Waals surface area contributed by atoms with Crippen LogP contribution in [0.4, 0.5) is 0 Å². The summed E-state index contributed by atoms with van der Waals surface area (Å²) in [6.07, 6.45) is 16.0. The first-order valence-electron chi connectivity index (χ1n) is 13.9. The van der Waals surface area contributed by atoms with E-state index in [1.807, 2.05) is 24.6 Å². The lowest BCUT2D eigenvalue weighted by Crippen LogP contribution is -2.55. The third kappa shape index (κ3) is 6.49. The van der Waals surface area contributed by atoms with Crippen molar-refractivity contribution < 1.29 is 0 Å². The molecule has 2 aliphatic rings. The lowest BCUT2D eigenvalue weighted by molar-refractivity contribution is 0.148. The summed E-state index contributed by atoms with van der Waals surface area (Å²) in [6.45, 7) is 13.3. The van der Waals surface area contributed by atoms with Crippen LogP contribution in [-0.2, 0) is 12.8 Å². The minimum atomic E-state index is -0.139. The van der Waals surface area contributed by atoms with Gasteiger partial charge in [-0.05, 0) is 67.5 Å². The van der Waals surface area contributed by atoms with E-state index in [0.717, 1.165) is 107 Å². The van der Waals surface area contributed by atoms with Gasteiger partial charge < -0.3 is 15.5 Å². The molecule has 0 amide bonds. The van der Waals surface area contributed by atoms with Gasteiger partial charge in [0.05, 0.1) is 23.2 Å². The minimum Gasteiger partial charge on any atom is -0.370 e. The molecule has 2 N–H and O–H groups in total. The second kappa shape index (κ2) is 13.6. The summed E-state index contributed by atoms with van der Waals surface area (Å²) in [7, 11) is 0. The minimum absolute atomic E-state index is 0.139. The Morgan fingerprint density at radius 1 is 1.23 bits per heavy atom. The van der Waals surface area contributed by atoms with E-state index in [2.05, 4.69) is 59.0 Å². The van der Waals surface area contributed by atoms with Crippen molar-refractivity contribution in [3.05, 3.63) is 88.5 Å². The lowest BCUT2D eigenvalue weighted by atomic mass is 9.84. The Balaban J connectivity index is 0.00000118. The standard InChI is InChI=1S/C31H34ClN5.C2H6S/c1-5-7-20(3)36-14-15-37(30(33)19-36)21(4)23-9-11-25-28(16-23)35-29-17-24(10-12-26(29)31(25)32)27-13-8-22(6-2)18-34-27;1-3-2/h2,8-9,11,13,16,18,24,30H,3-5,7,10,12,14-15,17,19,33H2,1H3;1-2H3. The maximum atomic E-state index is 6.92. The zero-order chi connectivity index (χ0) is 28.8. The van der Waals surface area contributed by atoms with E-state index in [1.54, 1.807) is 18.0 Å². The molecule has 210 valence electrons. The van der Waals surface area contributed by atoms with Gasteiger partial charge in [0.1, 0.15) is 0 Å². The molecule has 3 heterocycles. The highest BCUT2D eigenvalue weighted by Crippen LogP contribution is 2.38. The largest absolute Gasteiger partial charge is 0.370 e. The van der Waals surface area contributed by atoms with Gasteiger partial charge in [-0.15, -0.1) is 6.42 Å². The second-order valence-corrected chi connectivity index (χ2v) is 11.7. The highest BCUT2D eigenvalue weighted by molar-refractivity contribution is 7.97. The number of piperazine rings is 1. The molecule has 2 aromatic heterocycles. The van der Waals surface area contributed by atoms with Gasteiger partial charge in [0.25, 0.3) is 0 Å². The summed E-state index contributed by atoms with van der Waals surface area (Å²) < 4.78 is 0. The number of nitrogens with zero attached hydrogens (tertiary/aromatic N) is 4. The molecule has 0 spiro atoms. The molecule has 5 rings (SSSR count). The number of pyridine rings is 2. The molecule has 3 aromatic rings. The van der Waals surface area contributed by atoms with Crippen LogP contribution in [0.15, 0.2) is 55.4 Å². The van der Waals surface area contributed by atoms with E-state index in [9.17, 15) is 0 Å². The highest BCUT2D eigenvalue weighted by atomic mass is 35.5. The third-order valence-corrected chi connectivity index (χ3v) is 8.17. The molecular weight excluding hydrogens is 534 g/mol. The fourth-order valence-corrected chi connectivity index (χ4v) is 5.96. The van der Waals surface area contributed by atoms with Gasteiger partial charge >= 0.3 is 0 Å². The molecule has 5 nitrogen and oxygen atoms in total. The molecule has 7 heteroatoms. The quantitative estimate of drug-likeness (QED) is 0.331. The van der Waals surface area contributed by atoms with Crippen LogP contribution in [0.5, 0.6) is 0 Å². The average molecular weight is 574 g/mol. The van der Waals surface area contributed by atoms with Crippen molar-refractivity contribution in [2.75, 3.05) is 32.1 Å². The summed E-state index contributed by atoms with van der Waals surface area (Å²) in [5.74, 6) is 2.94. The summed E-state index contributed by atoms with van der Waals surface area (Å²) in [4.78, 5) is 14.2. The maximum absolute atomic E-state index is 6.92. The van der Waals surface area contributed by atoms with Gasteiger partial charge in [0.2, 0.25) is 0 Å². The number of allylic oxidation sites excluding steroid dienone is 1. The molecule has 0 bridgehead atoms. The van der Waals surface area contributed by atoms with E-state index in [0.29, 0.717) is 5.92 Å². The molecular formula is C33H40ClN5S. The van der Waals surface area contributed by atoms with Gasteiger partial charge in [-0.3, -0.25) is 9.97 Å². The van der Waals surface area contributed by atoms with Crippen LogP contribution < -0.4 is 5.73 Å². The van der Waals surface area contributed by atoms with Crippen LogP contribution in [0.25, 0.3) is 16.6 Å². The van der Waals surface area contributed by atoms with E-state index >= 15 is 0 Å². The van der Waals surface area contributed by atoms with E-state index in [-0.39, 0.29) is 6.17 Å². The third-order valence-electron chi connectivity index (χ3n) is 7.74. The lowest BCUT2D eigenvalue weighted by Gasteiger charge is -2.43. The first kappa shape index (κ1) is 30.0. The number of halogens is 1. The van der Waals surface area contributed by atoms with Crippen LogP contribution in [0, 0.1) is 12.3 Å². The van der Waals surface area contributed by atoms with Gasteiger partial charge in [0, 0.05) is 58.9 Å². The number of hydrogen-bond donors (Lipinski definition) is 1. The number of nitrogens with two attached hydrogens (primary N) is 1. The van der Waals surface area contributed by atoms with Crippen molar-refractivity contribution in [2.45, 2.75) is 51.1 Å². The first-order chi connectivity index (χ1) is 19.3. The molecule has 0 saturated carbocycles. The number of terminal acetylenes is 1. The van der Waals surface area contributed by atoms with Gasteiger partial charge in [-0.25, -0.2) is 0 Å². The Morgan fingerprint density at radius 2 is 2.00 bits per heavy atom. The summed E-state index contributed by atoms with van der Waals surface area (Å²) in [5.41, 5.74) is 14.6. The van der Waals surface area contributed by atoms with E-state index < -0.39 is 0 Å². The molecule has 1 fully saturated rings. The molecule has 2 unspecified atom stereocenters. The topological polar surface area (TPSA) is 58.3 Å². The SMILES string of the molecule is C#Cc1ccc(C2CCc3c(nc4cc(C(=C)N5CCN(C(=C)CCC)CC5N)ccc4c3Cl)C2)nc1.CSC. The Hall–Kier alpha value is -2.98. The number of rotatable bonds is 6. The first-order valence-corrected chi connectivity index (χ1v) is 15.9. The molecule has 0 radical (unpaired) electrons. The van der Waals surface area contributed by atoms with E-state index in [4.69, 9.17) is 28.7 Å². The number of hydrogen-bond acceptors (Lipinski definition) is 6. The molecule has 2 atom stereocenters. The number of thioether (sulfide) groups is 1. The van der Waals surface area contributed by atoms with Crippen molar-refractivity contribution in [3.8, 4) is 12.3 Å². The highest BCUT2D eigenvalue weighted by Gasteiger charge is 2.28. The fraction of sp³-hybridized carbons (Fsp3) is 0.394. The van der Waals surface area contributed by atoms with Crippen molar-refractivity contribution >= 4 is 40.0 Å². The van der Waals surface area contributed by atoms with Crippen molar-refractivity contribution in [2.24, 2.45) is 5.73 Å². The Morgan fingerprint density at radius 3 is 2.65 bits per heavy atom. The molecule has 1 aliphatic carbocycles. The summed E-state index contributed by atoms with van der Waals surface area (Å²) in [5, 5.41) is 1.79. The normalized spacial score (nSPS) is 18.4. The van der Waals surface area contributed by atoms with Crippen LogP contribution >= 0.6 is 23.4 Å². The average Bonchev–Trinajstić information content (AvgIpc) is 2.97. The predicted octanol–water partition coefficient (Wildman–Crippen LogP) is 6.70. The maximum Gasteiger partial charge on any atom is 0.0949 e. The van der Waals surface area contributed by atoms with Crippen molar-refractivity contribution in [1.29, 1.82) is 0 Å². The van der Waals surface area contributed by atoms with Crippen LogP contribution in [0.3, 0.4) is 0 Å².